The van der Waals surface area contributed by atoms with Gasteiger partial charge in [-0.05, 0) is 6.42 Å². The molecule has 6 heteroatoms. The summed E-state index contributed by atoms with van der Waals surface area (Å²) in [6.07, 6.45) is 3.85. The van der Waals surface area contributed by atoms with E-state index in [1.54, 1.807) is 19.3 Å². The van der Waals surface area contributed by atoms with Gasteiger partial charge in [-0.15, -0.1) is 6.58 Å². The van der Waals surface area contributed by atoms with Gasteiger partial charge in [0.15, 0.2) is 0 Å². The number of amides is 1. The zero-order chi connectivity index (χ0) is 13.2. The van der Waals surface area contributed by atoms with Gasteiger partial charge in [0.25, 0.3) is 5.91 Å². The Labute approximate surface area is 106 Å². The van der Waals surface area contributed by atoms with Gasteiger partial charge in [-0.3, -0.25) is 4.79 Å². The fourth-order valence-electron chi connectivity index (χ4n) is 1.27. The fraction of sp³-hybridized carbons (Fsp3) is 0.417. The quantitative estimate of drug-likeness (QED) is 0.528. The molecule has 0 aliphatic rings. The molecular weight excluding hydrogens is 232 g/mol. The number of hydrogen-bond donors (Lipinski definition) is 2. The average Bonchev–Trinajstić information content (AvgIpc) is 2.41. The molecule has 1 heterocycles. The molecule has 0 fully saturated rings. The Morgan fingerprint density at radius 1 is 1.56 bits per heavy atom. The van der Waals surface area contributed by atoms with Crippen molar-refractivity contribution in [3.63, 3.8) is 0 Å². The van der Waals surface area contributed by atoms with Crippen LogP contribution in [0.1, 0.15) is 16.9 Å². The van der Waals surface area contributed by atoms with Crippen LogP contribution in [0, 0.1) is 0 Å². The lowest BCUT2D eigenvalue weighted by atomic mass is 10.3. The number of carbonyl (C=O) groups is 1. The van der Waals surface area contributed by atoms with E-state index in [0.717, 1.165) is 13.0 Å². The normalized spacial score (nSPS) is 9.83. The monoisotopic (exact) mass is 250 g/mol. The first kappa shape index (κ1) is 14.1. The molecule has 0 saturated heterocycles. The van der Waals surface area contributed by atoms with E-state index in [0.29, 0.717) is 24.7 Å². The summed E-state index contributed by atoms with van der Waals surface area (Å²) in [5.74, 6) is 0.391. The van der Waals surface area contributed by atoms with Crippen LogP contribution in [0.25, 0.3) is 0 Å². The lowest BCUT2D eigenvalue weighted by Gasteiger charge is -2.06. The summed E-state index contributed by atoms with van der Waals surface area (Å²) in [4.78, 5) is 19.6. The summed E-state index contributed by atoms with van der Waals surface area (Å²) in [5.41, 5.74) is 0.334. The molecule has 1 amide bonds. The van der Waals surface area contributed by atoms with E-state index in [2.05, 4.69) is 27.2 Å². The highest BCUT2D eigenvalue weighted by Gasteiger charge is 2.06. The van der Waals surface area contributed by atoms with E-state index in [9.17, 15) is 4.79 Å². The van der Waals surface area contributed by atoms with Crippen molar-refractivity contribution < 1.29 is 9.53 Å². The Morgan fingerprint density at radius 2 is 2.39 bits per heavy atom. The first-order chi connectivity index (χ1) is 8.77. The molecule has 0 aliphatic carbocycles. The van der Waals surface area contributed by atoms with Crippen LogP contribution < -0.4 is 10.6 Å². The summed E-state index contributed by atoms with van der Waals surface area (Å²) >= 11 is 0. The van der Waals surface area contributed by atoms with Crippen molar-refractivity contribution >= 4 is 11.7 Å². The van der Waals surface area contributed by atoms with Gasteiger partial charge in [0.1, 0.15) is 17.8 Å². The summed E-state index contributed by atoms with van der Waals surface area (Å²) < 4.78 is 4.94. The molecule has 1 aromatic rings. The van der Waals surface area contributed by atoms with Gasteiger partial charge in [0, 0.05) is 32.9 Å². The van der Waals surface area contributed by atoms with E-state index in [1.165, 1.54) is 6.33 Å². The maximum absolute atomic E-state index is 11.6. The van der Waals surface area contributed by atoms with Crippen LogP contribution in [0.15, 0.2) is 25.0 Å². The zero-order valence-corrected chi connectivity index (χ0v) is 10.5. The minimum Gasteiger partial charge on any atom is -0.385 e. The van der Waals surface area contributed by atoms with Crippen molar-refractivity contribution in [1.29, 1.82) is 0 Å². The molecule has 0 bridgehead atoms. The average molecular weight is 250 g/mol. The van der Waals surface area contributed by atoms with Crippen LogP contribution in [-0.4, -0.2) is 42.7 Å². The maximum Gasteiger partial charge on any atom is 0.270 e. The number of anilines is 1. The molecule has 1 aromatic heterocycles. The van der Waals surface area contributed by atoms with E-state index in [4.69, 9.17) is 4.74 Å². The molecule has 6 nitrogen and oxygen atoms in total. The van der Waals surface area contributed by atoms with E-state index >= 15 is 0 Å². The highest BCUT2D eigenvalue weighted by Crippen LogP contribution is 2.03. The Kier molecular flexibility index (Phi) is 6.42. The summed E-state index contributed by atoms with van der Waals surface area (Å²) in [5, 5.41) is 5.76. The molecule has 0 aromatic carbocycles. The number of rotatable bonds is 8. The number of aromatic nitrogens is 2. The number of ether oxygens (including phenoxy) is 1. The number of methoxy groups -OCH3 is 1. The van der Waals surface area contributed by atoms with Crippen molar-refractivity contribution in [2.24, 2.45) is 0 Å². The third-order valence-electron chi connectivity index (χ3n) is 2.14. The number of nitrogens with zero attached hydrogens (tertiary/aromatic N) is 2. The highest BCUT2D eigenvalue weighted by atomic mass is 16.5. The third kappa shape index (κ3) is 4.92. The van der Waals surface area contributed by atoms with Crippen molar-refractivity contribution in [2.75, 3.05) is 32.1 Å². The van der Waals surface area contributed by atoms with Crippen LogP contribution >= 0.6 is 0 Å². The number of carbonyl (C=O) groups excluding carboxylic acids is 1. The highest BCUT2D eigenvalue weighted by molar-refractivity contribution is 5.92. The second kappa shape index (κ2) is 8.19. The van der Waals surface area contributed by atoms with Crippen LogP contribution in [0.2, 0.25) is 0 Å². The first-order valence-electron chi connectivity index (χ1n) is 5.72. The first-order valence-corrected chi connectivity index (χ1v) is 5.72. The van der Waals surface area contributed by atoms with Crippen LogP contribution in [-0.2, 0) is 4.74 Å². The molecule has 0 aliphatic heterocycles. The standard InChI is InChI=1S/C12H18N4O2/c1-3-5-14-12(17)10-8-11(16-9-15-10)13-6-4-7-18-2/h3,8-9H,1,4-7H2,2H3,(H,14,17)(H,13,15,16). The van der Waals surface area contributed by atoms with Gasteiger partial charge < -0.3 is 15.4 Å². The molecule has 2 N–H and O–H groups in total. The predicted octanol–water partition coefficient (Wildman–Crippen LogP) is 0.841. The molecule has 1 rings (SSSR count). The van der Waals surface area contributed by atoms with Gasteiger partial charge in [-0.2, -0.15) is 0 Å². The SMILES string of the molecule is C=CCNC(=O)c1cc(NCCCOC)ncn1. The van der Waals surface area contributed by atoms with Gasteiger partial charge in [-0.1, -0.05) is 6.08 Å². The summed E-state index contributed by atoms with van der Waals surface area (Å²) in [6.45, 7) is 5.37. The minimum absolute atomic E-state index is 0.239. The molecule has 0 atom stereocenters. The van der Waals surface area contributed by atoms with E-state index < -0.39 is 0 Å². The second-order valence-electron chi connectivity index (χ2n) is 3.56. The minimum atomic E-state index is -0.239. The van der Waals surface area contributed by atoms with Gasteiger partial charge in [-0.25, -0.2) is 9.97 Å². The van der Waals surface area contributed by atoms with Crippen molar-refractivity contribution in [2.45, 2.75) is 6.42 Å². The Morgan fingerprint density at radius 3 is 3.11 bits per heavy atom. The Hall–Kier alpha value is -1.95. The lowest BCUT2D eigenvalue weighted by molar-refractivity contribution is 0.0953. The molecule has 98 valence electrons. The topological polar surface area (TPSA) is 76.1 Å². The van der Waals surface area contributed by atoms with Gasteiger partial charge in [0.05, 0.1) is 0 Å². The maximum atomic E-state index is 11.6. The second-order valence-corrected chi connectivity index (χ2v) is 3.56. The Balaban J connectivity index is 2.50. The van der Waals surface area contributed by atoms with E-state index in [1.807, 2.05) is 0 Å². The third-order valence-corrected chi connectivity index (χ3v) is 2.14. The molecule has 0 radical (unpaired) electrons. The number of nitrogens with one attached hydrogen (secondary N) is 2. The fourth-order valence-corrected chi connectivity index (χ4v) is 1.27. The van der Waals surface area contributed by atoms with Crippen LogP contribution in [0.4, 0.5) is 5.82 Å². The lowest BCUT2D eigenvalue weighted by Crippen LogP contribution is -2.24. The summed E-state index contributed by atoms with van der Waals surface area (Å²) in [7, 11) is 1.66. The van der Waals surface area contributed by atoms with Gasteiger partial charge in [0.2, 0.25) is 0 Å². The van der Waals surface area contributed by atoms with Crippen molar-refractivity contribution in [3.8, 4) is 0 Å². The summed E-state index contributed by atoms with van der Waals surface area (Å²) in [6, 6.07) is 1.62. The van der Waals surface area contributed by atoms with E-state index in [-0.39, 0.29) is 5.91 Å². The van der Waals surface area contributed by atoms with Crippen molar-refractivity contribution in [3.05, 3.63) is 30.7 Å². The van der Waals surface area contributed by atoms with Gasteiger partial charge >= 0.3 is 0 Å². The molecule has 0 saturated carbocycles. The number of hydrogen-bond acceptors (Lipinski definition) is 5. The molecule has 0 unspecified atom stereocenters. The van der Waals surface area contributed by atoms with Crippen LogP contribution in [0.3, 0.4) is 0 Å². The molecular formula is C12H18N4O2. The van der Waals surface area contributed by atoms with Crippen LogP contribution in [0.5, 0.6) is 0 Å². The van der Waals surface area contributed by atoms with Crippen molar-refractivity contribution in [1.82, 2.24) is 15.3 Å². The predicted molar refractivity (Wildman–Crippen MR) is 69.5 cm³/mol. The Bertz CT molecular complexity index is 395. The smallest absolute Gasteiger partial charge is 0.270 e. The zero-order valence-electron chi connectivity index (χ0n) is 10.5. The molecule has 0 spiro atoms. The largest absolute Gasteiger partial charge is 0.385 e. The molecule has 18 heavy (non-hydrogen) atoms.